The van der Waals surface area contributed by atoms with Crippen LogP contribution in [0.2, 0.25) is 0 Å². The van der Waals surface area contributed by atoms with Crippen LogP contribution in [0.3, 0.4) is 0 Å². The van der Waals surface area contributed by atoms with Crippen molar-refractivity contribution >= 4 is 52.6 Å². The number of rotatable bonds is 5. The Morgan fingerprint density at radius 3 is 2.75 bits per heavy atom. The lowest BCUT2D eigenvalue weighted by molar-refractivity contribution is 0.476. The lowest BCUT2D eigenvalue weighted by Crippen LogP contribution is -2.47. The lowest BCUT2D eigenvalue weighted by atomic mass is 10.1. The summed E-state index contributed by atoms with van der Waals surface area (Å²) in [6, 6.07) is 5.93. The minimum atomic E-state index is -3.23. The zero-order chi connectivity index (χ0) is 15.0. The van der Waals surface area contributed by atoms with Gasteiger partial charge in [-0.3, -0.25) is 0 Å². The number of hydrogen-bond acceptors (Lipinski definition) is 5. The topological polar surface area (TPSA) is 71.1 Å². The van der Waals surface area contributed by atoms with Gasteiger partial charge in [0.1, 0.15) is 0 Å². The second-order valence-electron chi connectivity index (χ2n) is 5.24. The van der Waals surface area contributed by atoms with Gasteiger partial charge in [0, 0.05) is 16.6 Å². The zero-order valence-electron chi connectivity index (χ0n) is 11.4. The van der Waals surface area contributed by atoms with Crippen molar-refractivity contribution in [1.29, 1.82) is 0 Å². The summed E-state index contributed by atoms with van der Waals surface area (Å²) in [5.41, 5.74) is 0.340. The smallest absolute Gasteiger partial charge is 0.209 e. The number of benzene rings is 1. The van der Waals surface area contributed by atoms with Gasteiger partial charge < -0.3 is 5.32 Å². The van der Waals surface area contributed by atoms with Crippen molar-refractivity contribution in [3.63, 3.8) is 0 Å². The number of fused-ring (bicyclic) bond motifs is 1. The van der Waals surface area contributed by atoms with Crippen LogP contribution in [0.15, 0.2) is 22.7 Å². The standard InChI is InChI=1S/C12H16BrN3O2S2/c1-12(2,16-20(3,17)18)7-14-11-15-9-6-8(13)4-5-10(9)19-11/h4-6,16H,7H2,1-3H3,(H,14,15). The number of halogens is 1. The molecule has 0 bridgehead atoms. The van der Waals surface area contributed by atoms with Crippen LogP contribution in [0, 0.1) is 0 Å². The minimum Gasteiger partial charge on any atom is -0.360 e. The van der Waals surface area contributed by atoms with Gasteiger partial charge in [-0.05, 0) is 32.0 Å². The van der Waals surface area contributed by atoms with Crippen LogP contribution in [0.1, 0.15) is 13.8 Å². The summed E-state index contributed by atoms with van der Waals surface area (Å²) >= 11 is 4.96. The number of anilines is 1. The van der Waals surface area contributed by atoms with Crippen LogP contribution in [-0.2, 0) is 10.0 Å². The Kier molecular flexibility index (Phi) is 4.38. The van der Waals surface area contributed by atoms with Crippen LogP contribution in [0.4, 0.5) is 5.13 Å². The van der Waals surface area contributed by atoms with Gasteiger partial charge in [0.15, 0.2) is 5.13 Å². The van der Waals surface area contributed by atoms with E-state index in [1.54, 1.807) is 11.3 Å². The molecule has 0 spiro atoms. The third-order valence-electron chi connectivity index (χ3n) is 2.49. The SMILES string of the molecule is CC(C)(CNc1nc2cc(Br)ccc2s1)NS(C)(=O)=O. The highest BCUT2D eigenvalue weighted by atomic mass is 79.9. The Balaban J connectivity index is 2.09. The Labute approximate surface area is 131 Å². The summed E-state index contributed by atoms with van der Waals surface area (Å²) in [4.78, 5) is 4.47. The molecule has 0 unspecified atom stereocenters. The molecule has 0 atom stereocenters. The molecule has 2 N–H and O–H groups in total. The Morgan fingerprint density at radius 1 is 1.40 bits per heavy atom. The van der Waals surface area contributed by atoms with Crippen molar-refractivity contribution in [1.82, 2.24) is 9.71 Å². The van der Waals surface area contributed by atoms with Gasteiger partial charge in [0.25, 0.3) is 0 Å². The Hall–Kier alpha value is -0.700. The van der Waals surface area contributed by atoms with Gasteiger partial charge in [-0.25, -0.2) is 18.1 Å². The van der Waals surface area contributed by atoms with E-state index in [1.807, 2.05) is 32.0 Å². The first-order chi connectivity index (χ1) is 9.15. The molecular formula is C12H16BrN3O2S2. The first kappa shape index (κ1) is 15.7. The highest BCUT2D eigenvalue weighted by molar-refractivity contribution is 9.10. The summed E-state index contributed by atoms with van der Waals surface area (Å²) in [6.45, 7) is 4.11. The highest BCUT2D eigenvalue weighted by Gasteiger charge is 2.22. The predicted octanol–water partition coefficient (Wildman–Crippen LogP) is 2.80. The van der Waals surface area contributed by atoms with E-state index < -0.39 is 15.6 Å². The van der Waals surface area contributed by atoms with Crippen molar-refractivity contribution in [3.05, 3.63) is 22.7 Å². The molecule has 1 aromatic carbocycles. The maximum Gasteiger partial charge on any atom is 0.209 e. The molecule has 0 saturated heterocycles. The van der Waals surface area contributed by atoms with Crippen molar-refractivity contribution in [2.75, 3.05) is 18.1 Å². The molecule has 2 aromatic rings. The average Bonchev–Trinajstić information content (AvgIpc) is 2.65. The first-order valence-electron chi connectivity index (χ1n) is 5.94. The highest BCUT2D eigenvalue weighted by Crippen LogP contribution is 2.28. The fourth-order valence-corrected chi connectivity index (χ4v) is 4.08. The number of nitrogens with zero attached hydrogens (tertiary/aromatic N) is 1. The Morgan fingerprint density at radius 2 is 2.10 bits per heavy atom. The Bertz CT molecular complexity index is 725. The van der Waals surface area contributed by atoms with Gasteiger partial charge >= 0.3 is 0 Å². The van der Waals surface area contributed by atoms with E-state index in [4.69, 9.17) is 0 Å². The van der Waals surface area contributed by atoms with Crippen molar-refractivity contribution in [2.45, 2.75) is 19.4 Å². The van der Waals surface area contributed by atoms with E-state index in [0.29, 0.717) is 6.54 Å². The van der Waals surface area contributed by atoms with Crippen molar-refractivity contribution in [3.8, 4) is 0 Å². The van der Waals surface area contributed by atoms with Gasteiger partial charge in [0.05, 0.1) is 16.5 Å². The molecule has 0 aliphatic rings. The average molecular weight is 378 g/mol. The monoisotopic (exact) mass is 377 g/mol. The van der Waals surface area contributed by atoms with Crippen LogP contribution in [0.25, 0.3) is 10.2 Å². The number of hydrogen-bond donors (Lipinski definition) is 2. The molecule has 20 heavy (non-hydrogen) atoms. The van der Waals surface area contributed by atoms with Gasteiger partial charge in [-0.1, -0.05) is 27.3 Å². The second-order valence-corrected chi connectivity index (χ2v) is 8.94. The number of sulfonamides is 1. The second kappa shape index (κ2) is 5.59. The molecule has 110 valence electrons. The van der Waals surface area contributed by atoms with Gasteiger partial charge in [-0.2, -0.15) is 0 Å². The zero-order valence-corrected chi connectivity index (χ0v) is 14.6. The molecule has 0 amide bonds. The molecule has 0 fully saturated rings. The van der Waals surface area contributed by atoms with Crippen LogP contribution < -0.4 is 10.0 Å². The van der Waals surface area contributed by atoms with Crippen molar-refractivity contribution < 1.29 is 8.42 Å². The maximum atomic E-state index is 11.3. The molecule has 0 saturated carbocycles. The fourth-order valence-electron chi connectivity index (χ4n) is 1.81. The number of aromatic nitrogens is 1. The normalized spacial score (nSPS) is 12.8. The van der Waals surface area contributed by atoms with E-state index in [9.17, 15) is 8.42 Å². The first-order valence-corrected chi connectivity index (χ1v) is 9.44. The third kappa shape index (κ3) is 4.41. The molecule has 1 heterocycles. The minimum absolute atomic E-state index is 0.459. The van der Waals surface area contributed by atoms with Crippen LogP contribution in [-0.4, -0.2) is 31.7 Å². The van der Waals surface area contributed by atoms with Gasteiger partial charge in [-0.15, -0.1) is 0 Å². The summed E-state index contributed by atoms with van der Waals surface area (Å²) in [5, 5.41) is 3.96. The summed E-state index contributed by atoms with van der Waals surface area (Å²) in [5.74, 6) is 0. The quantitative estimate of drug-likeness (QED) is 0.840. The molecular weight excluding hydrogens is 362 g/mol. The molecule has 5 nitrogen and oxygen atoms in total. The summed E-state index contributed by atoms with van der Waals surface area (Å²) in [7, 11) is -3.23. The third-order valence-corrected chi connectivity index (χ3v) is 4.90. The fraction of sp³-hybridized carbons (Fsp3) is 0.417. The van der Waals surface area contributed by atoms with E-state index >= 15 is 0 Å². The van der Waals surface area contributed by atoms with Crippen LogP contribution in [0.5, 0.6) is 0 Å². The number of thiazole rings is 1. The van der Waals surface area contributed by atoms with E-state index in [2.05, 4.69) is 31.0 Å². The molecule has 0 aliphatic carbocycles. The van der Waals surface area contributed by atoms with Crippen molar-refractivity contribution in [2.24, 2.45) is 0 Å². The lowest BCUT2D eigenvalue weighted by Gasteiger charge is -2.25. The van der Waals surface area contributed by atoms with Gasteiger partial charge in [0.2, 0.25) is 10.0 Å². The molecule has 8 heteroatoms. The molecule has 1 aromatic heterocycles. The maximum absolute atomic E-state index is 11.3. The van der Waals surface area contributed by atoms with E-state index in [-0.39, 0.29) is 0 Å². The summed E-state index contributed by atoms with van der Waals surface area (Å²) < 4.78 is 27.2. The van der Waals surface area contributed by atoms with E-state index in [0.717, 1.165) is 26.1 Å². The van der Waals surface area contributed by atoms with E-state index in [1.165, 1.54) is 0 Å². The van der Waals surface area contributed by atoms with Crippen LogP contribution >= 0.6 is 27.3 Å². The molecule has 0 radical (unpaired) electrons. The summed E-state index contributed by atoms with van der Waals surface area (Å²) in [6.07, 6.45) is 1.16. The predicted molar refractivity (Wildman–Crippen MR) is 87.9 cm³/mol. The molecule has 2 rings (SSSR count). The number of nitrogens with one attached hydrogen (secondary N) is 2. The largest absolute Gasteiger partial charge is 0.360 e. The molecule has 0 aliphatic heterocycles.